The van der Waals surface area contributed by atoms with Gasteiger partial charge in [-0.3, -0.25) is 14.4 Å². The second-order valence-electron chi connectivity index (χ2n) is 20.9. The van der Waals surface area contributed by atoms with Crippen LogP contribution in [0.4, 0.5) is 0 Å². The van der Waals surface area contributed by atoms with Crippen molar-refractivity contribution < 1.29 is 28.6 Å². The highest BCUT2D eigenvalue weighted by molar-refractivity contribution is 5.71. The fourth-order valence-electron chi connectivity index (χ4n) is 9.16. The standard InChI is InChI=1S/C65H118O6/c1-4-7-10-13-15-17-19-21-23-25-26-27-28-29-30-31-32-33-34-35-36-37-38-40-41-43-45-47-49-52-55-58-64(67)70-61-62(60-69-63(66)57-54-51-12-9-6-3)71-65(68)59-56-53-50-48-46-44-42-39-24-22-20-18-16-14-11-8-5-2/h8,11,16,18,22,24-26,62H,4-7,9-10,12-15,17,19-21,23,27-61H2,1-3H3/b11-8-,18-16-,24-22-,26-25-. The van der Waals surface area contributed by atoms with Crippen molar-refractivity contribution in [3.8, 4) is 0 Å². The molecule has 6 nitrogen and oxygen atoms in total. The summed E-state index contributed by atoms with van der Waals surface area (Å²) in [4.78, 5) is 37.8. The molecule has 0 saturated carbocycles. The third-order valence-electron chi connectivity index (χ3n) is 13.8. The second-order valence-corrected chi connectivity index (χ2v) is 20.9. The first-order chi connectivity index (χ1) is 35.0. The van der Waals surface area contributed by atoms with Crippen LogP contribution in [-0.2, 0) is 28.6 Å². The highest BCUT2D eigenvalue weighted by Crippen LogP contribution is 2.17. The molecule has 71 heavy (non-hydrogen) atoms. The largest absolute Gasteiger partial charge is 0.462 e. The third kappa shape index (κ3) is 58.1. The van der Waals surface area contributed by atoms with E-state index in [0.717, 1.165) is 89.9 Å². The maximum atomic E-state index is 12.8. The molecule has 6 heteroatoms. The molecule has 0 aliphatic heterocycles. The Bertz CT molecular complexity index is 1230. The third-order valence-corrected chi connectivity index (χ3v) is 13.8. The summed E-state index contributed by atoms with van der Waals surface area (Å²) in [5.41, 5.74) is 0. The van der Waals surface area contributed by atoms with Crippen LogP contribution < -0.4 is 0 Å². The smallest absolute Gasteiger partial charge is 0.306 e. The van der Waals surface area contributed by atoms with Crippen LogP contribution in [0.1, 0.15) is 329 Å². The number of esters is 3. The van der Waals surface area contributed by atoms with Gasteiger partial charge in [-0.15, -0.1) is 0 Å². The number of unbranched alkanes of at least 4 members (excludes halogenated alkanes) is 38. The van der Waals surface area contributed by atoms with Crippen molar-refractivity contribution in [2.24, 2.45) is 0 Å². The van der Waals surface area contributed by atoms with E-state index in [1.807, 2.05) is 0 Å². The fourth-order valence-corrected chi connectivity index (χ4v) is 9.16. The fraction of sp³-hybridized carbons (Fsp3) is 0.831. The minimum atomic E-state index is -0.773. The van der Waals surface area contributed by atoms with Crippen molar-refractivity contribution in [3.63, 3.8) is 0 Å². The maximum Gasteiger partial charge on any atom is 0.306 e. The number of hydrogen-bond acceptors (Lipinski definition) is 6. The van der Waals surface area contributed by atoms with E-state index < -0.39 is 6.10 Å². The molecule has 0 spiro atoms. The Hall–Kier alpha value is -2.63. The summed E-state index contributed by atoms with van der Waals surface area (Å²) in [6.07, 6.45) is 74.7. The number of allylic oxidation sites excluding steroid dienone is 8. The van der Waals surface area contributed by atoms with E-state index in [4.69, 9.17) is 14.2 Å². The zero-order chi connectivity index (χ0) is 51.4. The molecule has 0 rings (SSSR count). The van der Waals surface area contributed by atoms with Gasteiger partial charge in [-0.2, -0.15) is 0 Å². The van der Waals surface area contributed by atoms with Crippen molar-refractivity contribution in [2.75, 3.05) is 13.2 Å². The second kappa shape index (κ2) is 59.9. The minimum Gasteiger partial charge on any atom is -0.462 e. The van der Waals surface area contributed by atoms with Gasteiger partial charge in [0.2, 0.25) is 0 Å². The lowest BCUT2D eigenvalue weighted by Crippen LogP contribution is -2.30. The number of hydrogen-bond donors (Lipinski definition) is 0. The molecule has 414 valence electrons. The minimum absolute atomic E-state index is 0.0745. The van der Waals surface area contributed by atoms with Crippen molar-refractivity contribution in [3.05, 3.63) is 48.6 Å². The summed E-state index contributed by atoms with van der Waals surface area (Å²) >= 11 is 0. The quantitative estimate of drug-likeness (QED) is 0.0261. The maximum absolute atomic E-state index is 12.8. The van der Waals surface area contributed by atoms with Crippen LogP contribution in [0.2, 0.25) is 0 Å². The Morgan fingerprint density at radius 1 is 0.296 bits per heavy atom. The van der Waals surface area contributed by atoms with Crippen molar-refractivity contribution >= 4 is 17.9 Å². The van der Waals surface area contributed by atoms with E-state index in [1.165, 1.54) is 199 Å². The van der Waals surface area contributed by atoms with E-state index >= 15 is 0 Å². The van der Waals surface area contributed by atoms with E-state index in [9.17, 15) is 14.4 Å². The molecule has 0 aliphatic rings. The van der Waals surface area contributed by atoms with Gasteiger partial charge < -0.3 is 14.2 Å². The molecule has 1 atom stereocenters. The summed E-state index contributed by atoms with van der Waals surface area (Å²) < 4.78 is 16.7. The number of ether oxygens (including phenoxy) is 3. The van der Waals surface area contributed by atoms with Gasteiger partial charge in [0.25, 0.3) is 0 Å². The topological polar surface area (TPSA) is 78.9 Å². The molecule has 0 aromatic carbocycles. The van der Waals surface area contributed by atoms with Gasteiger partial charge in [-0.25, -0.2) is 0 Å². The number of rotatable bonds is 57. The molecule has 0 fully saturated rings. The first-order valence-corrected chi connectivity index (χ1v) is 31.1. The molecule has 0 bridgehead atoms. The lowest BCUT2D eigenvalue weighted by atomic mass is 10.0. The molecular formula is C65H118O6. The van der Waals surface area contributed by atoms with Gasteiger partial charge >= 0.3 is 17.9 Å². The highest BCUT2D eigenvalue weighted by atomic mass is 16.6. The summed E-state index contributed by atoms with van der Waals surface area (Å²) in [6, 6.07) is 0. The van der Waals surface area contributed by atoms with Crippen LogP contribution in [0.3, 0.4) is 0 Å². The monoisotopic (exact) mass is 995 g/mol. The van der Waals surface area contributed by atoms with Gasteiger partial charge in [0, 0.05) is 19.3 Å². The van der Waals surface area contributed by atoms with E-state index in [2.05, 4.69) is 69.4 Å². The Kier molecular flexibility index (Phi) is 57.7. The van der Waals surface area contributed by atoms with Gasteiger partial charge in [-0.05, 0) is 77.0 Å². The Labute approximate surface area is 441 Å². The van der Waals surface area contributed by atoms with E-state index in [-0.39, 0.29) is 31.1 Å². The van der Waals surface area contributed by atoms with Crippen LogP contribution in [-0.4, -0.2) is 37.2 Å². The van der Waals surface area contributed by atoms with Gasteiger partial charge in [0.15, 0.2) is 6.10 Å². The van der Waals surface area contributed by atoms with Crippen LogP contribution in [0.5, 0.6) is 0 Å². The van der Waals surface area contributed by atoms with Crippen LogP contribution in [0, 0.1) is 0 Å². The predicted molar refractivity (Wildman–Crippen MR) is 307 cm³/mol. The molecule has 1 unspecified atom stereocenters. The van der Waals surface area contributed by atoms with Crippen molar-refractivity contribution in [2.45, 2.75) is 335 Å². The van der Waals surface area contributed by atoms with Crippen LogP contribution in [0.25, 0.3) is 0 Å². The van der Waals surface area contributed by atoms with Crippen LogP contribution in [0.15, 0.2) is 48.6 Å². The SMILES string of the molecule is CC/C=C\C/C=C\C/C=C\CCCCCCCCCC(=O)OC(COC(=O)CCCCCCC)COC(=O)CCCCCCCCCCCCCCCCCCCCC/C=C\CCCCCCCCCC. The molecule has 0 aliphatic carbocycles. The molecule has 0 radical (unpaired) electrons. The summed E-state index contributed by atoms with van der Waals surface area (Å²) in [5.74, 6) is -0.885. The molecular weight excluding hydrogens is 877 g/mol. The lowest BCUT2D eigenvalue weighted by Gasteiger charge is -2.18. The first-order valence-electron chi connectivity index (χ1n) is 31.1. The normalized spacial score (nSPS) is 12.3. The highest BCUT2D eigenvalue weighted by Gasteiger charge is 2.19. The summed E-state index contributed by atoms with van der Waals surface area (Å²) in [6.45, 7) is 6.47. The van der Waals surface area contributed by atoms with Crippen LogP contribution >= 0.6 is 0 Å². The number of carbonyl (C=O) groups is 3. The zero-order valence-corrected chi connectivity index (χ0v) is 47.5. The average Bonchev–Trinajstić information content (AvgIpc) is 3.37. The summed E-state index contributed by atoms with van der Waals surface area (Å²) in [5, 5.41) is 0. The molecule has 0 aromatic rings. The van der Waals surface area contributed by atoms with E-state index in [1.54, 1.807) is 0 Å². The van der Waals surface area contributed by atoms with Gasteiger partial charge in [0.1, 0.15) is 13.2 Å². The molecule has 0 amide bonds. The molecule has 0 aromatic heterocycles. The van der Waals surface area contributed by atoms with E-state index in [0.29, 0.717) is 19.3 Å². The Balaban J connectivity index is 3.93. The average molecular weight is 996 g/mol. The van der Waals surface area contributed by atoms with Gasteiger partial charge in [-0.1, -0.05) is 281 Å². The summed E-state index contributed by atoms with van der Waals surface area (Å²) in [7, 11) is 0. The van der Waals surface area contributed by atoms with Crippen molar-refractivity contribution in [1.29, 1.82) is 0 Å². The molecule has 0 saturated heterocycles. The predicted octanol–water partition coefficient (Wildman–Crippen LogP) is 21.0. The molecule has 0 N–H and O–H groups in total. The lowest BCUT2D eigenvalue weighted by molar-refractivity contribution is -0.167. The first kappa shape index (κ1) is 68.4. The Morgan fingerprint density at radius 2 is 0.549 bits per heavy atom. The Morgan fingerprint density at radius 3 is 0.873 bits per heavy atom. The zero-order valence-electron chi connectivity index (χ0n) is 47.5. The van der Waals surface area contributed by atoms with Gasteiger partial charge in [0.05, 0.1) is 0 Å². The number of carbonyl (C=O) groups excluding carboxylic acids is 3. The molecule has 0 heterocycles. The van der Waals surface area contributed by atoms with Crippen molar-refractivity contribution in [1.82, 2.24) is 0 Å².